The predicted octanol–water partition coefficient (Wildman–Crippen LogP) is 3.10. The molecular weight excluding hydrogens is 373 g/mol. The van der Waals surface area contributed by atoms with Gasteiger partial charge >= 0.3 is 5.97 Å². The lowest BCUT2D eigenvalue weighted by atomic mass is 10.1. The summed E-state index contributed by atoms with van der Waals surface area (Å²) >= 11 is 5.27. The molecule has 1 aromatic rings. The summed E-state index contributed by atoms with van der Waals surface area (Å²) in [4.78, 5) is 11.6. The van der Waals surface area contributed by atoms with Crippen molar-refractivity contribution >= 4 is 44.5 Å². The van der Waals surface area contributed by atoms with Crippen molar-refractivity contribution in [3.05, 3.63) is 31.3 Å². The van der Waals surface area contributed by atoms with Crippen LogP contribution in [0.3, 0.4) is 0 Å². The molecule has 0 bridgehead atoms. The summed E-state index contributed by atoms with van der Waals surface area (Å²) in [6.45, 7) is 2.06. The zero-order chi connectivity index (χ0) is 11.4. The van der Waals surface area contributed by atoms with Gasteiger partial charge in [-0.05, 0) is 57.6 Å². The van der Waals surface area contributed by atoms with Crippen LogP contribution in [0.2, 0.25) is 0 Å². The van der Waals surface area contributed by atoms with Crippen molar-refractivity contribution in [1.29, 1.82) is 5.26 Å². The smallest absolute Gasteiger partial charge is 0.340 e. The molecule has 0 aliphatic rings. The number of nitrogens with zero attached hydrogens (tertiary/aromatic N) is 1. The molecule has 0 fully saturated rings. The van der Waals surface area contributed by atoms with E-state index in [-0.39, 0.29) is 0 Å². The molecule has 0 spiro atoms. The van der Waals surface area contributed by atoms with Crippen LogP contribution >= 0.6 is 38.5 Å². The van der Waals surface area contributed by atoms with Crippen LogP contribution in [0.1, 0.15) is 22.8 Å². The van der Waals surface area contributed by atoms with Crippen molar-refractivity contribution in [2.75, 3.05) is 6.61 Å². The van der Waals surface area contributed by atoms with Gasteiger partial charge in [-0.2, -0.15) is 5.26 Å². The third-order valence-electron chi connectivity index (χ3n) is 1.69. The fourth-order valence-corrected chi connectivity index (χ4v) is 2.67. The van der Waals surface area contributed by atoms with Crippen LogP contribution in [0.5, 0.6) is 0 Å². The van der Waals surface area contributed by atoms with E-state index in [0.717, 1.165) is 3.57 Å². The molecule has 1 rings (SSSR count). The van der Waals surface area contributed by atoms with Gasteiger partial charge in [0.25, 0.3) is 0 Å². The zero-order valence-electron chi connectivity index (χ0n) is 7.88. The zero-order valence-corrected chi connectivity index (χ0v) is 11.6. The second kappa shape index (κ2) is 5.47. The number of carbonyl (C=O) groups excluding carboxylic acids is 1. The minimum Gasteiger partial charge on any atom is -0.462 e. The van der Waals surface area contributed by atoms with Gasteiger partial charge in [-0.1, -0.05) is 0 Å². The van der Waals surface area contributed by atoms with E-state index in [2.05, 4.69) is 15.9 Å². The Bertz CT molecular complexity index is 440. The van der Waals surface area contributed by atoms with E-state index in [4.69, 9.17) is 10.00 Å². The molecule has 0 N–H and O–H groups in total. The van der Waals surface area contributed by atoms with E-state index >= 15 is 0 Å². The molecule has 0 unspecified atom stereocenters. The first-order valence-corrected chi connectivity index (χ1v) is 6.04. The first-order chi connectivity index (χ1) is 7.11. The van der Waals surface area contributed by atoms with Crippen molar-refractivity contribution in [2.24, 2.45) is 0 Å². The van der Waals surface area contributed by atoms with Crippen molar-refractivity contribution in [3.63, 3.8) is 0 Å². The summed E-state index contributed by atoms with van der Waals surface area (Å²) in [7, 11) is 0. The molecule has 0 heterocycles. The highest BCUT2D eigenvalue weighted by Crippen LogP contribution is 2.26. The van der Waals surface area contributed by atoms with Gasteiger partial charge in [0.1, 0.15) is 6.07 Å². The van der Waals surface area contributed by atoms with E-state index in [0.29, 0.717) is 22.2 Å². The van der Waals surface area contributed by atoms with Gasteiger partial charge in [-0.3, -0.25) is 0 Å². The van der Waals surface area contributed by atoms with Crippen LogP contribution in [-0.2, 0) is 4.74 Å². The Morgan fingerprint density at radius 3 is 2.87 bits per heavy atom. The van der Waals surface area contributed by atoms with E-state index in [9.17, 15) is 4.79 Å². The number of hydrogen-bond acceptors (Lipinski definition) is 3. The van der Waals surface area contributed by atoms with Crippen LogP contribution < -0.4 is 0 Å². The topological polar surface area (TPSA) is 50.1 Å². The van der Waals surface area contributed by atoms with Crippen molar-refractivity contribution in [3.8, 4) is 6.07 Å². The predicted molar refractivity (Wildman–Crippen MR) is 67.5 cm³/mol. The van der Waals surface area contributed by atoms with Gasteiger partial charge < -0.3 is 4.74 Å². The van der Waals surface area contributed by atoms with Crippen molar-refractivity contribution in [1.82, 2.24) is 0 Å². The number of benzene rings is 1. The van der Waals surface area contributed by atoms with Gasteiger partial charge in [-0.15, -0.1) is 0 Å². The van der Waals surface area contributed by atoms with E-state index in [1.54, 1.807) is 19.1 Å². The van der Waals surface area contributed by atoms with Crippen molar-refractivity contribution < 1.29 is 9.53 Å². The molecule has 15 heavy (non-hydrogen) atoms. The third kappa shape index (κ3) is 2.69. The SMILES string of the molecule is CCOC(=O)c1c(I)ccc(C#N)c1Br. The maximum atomic E-state index is 11.6. The van der Waals surface area contributed by atoms with Crippen LogP contribution in [0.4, 0.5) is 0 Å². The van der Waals surface area contributed by atoms with E-state index in [1.807, 2.05) is 28.7 Å². The number of hydrogen-bond donors (Lipinski definition) is 0. The second-order valence-electron chi connectivity index (χ2n) is 2.62. The average molecular weight is 380 g/mol. The molecule has 0 aromatic heterocycles. The van der Waals surface area contributed by atoms with Gasteiger partial charge in [0, 0.05) is 3.57 Å². The number of rotatable bonds is 2. The maximum absolute atomic E-state index is 11.6. The normalized spacial score (nSPS) is 9.47. The number of ether oxygens (including phenoxy) is 1. The van der Waals surface area contributed by atoms with Gasteiger partial charge in [-0.25, -0.2) is 4.79 Å². The lowest BCUT2D eigenvalue weighted by Crippen LogP contribution is -2.08. The average Bonchev–Trinajstić information content (AvgIpc) is 2.18. The highest BCUT2D eigenvalue weighted by molar-refractivity contribution is 14.1. The summed E-state index contributed by atoms with van der Waals surface area (Å²) in [6.07, 6.45) is 0. The van der Waals surface area contributed by atoms with E-state index in [1.165, 1.54) is 0 Å². The largest absolute Gasteiger partial charge is 0.462 e. The van der Waals surface area contributed by atoms with Crippen LogP contribution in [-0.4, -0.2) is 12.6 Å². The molecule has 78 valence electrons. The molecule has 0 amide bonds. The molecule has 3 nitrogen and oxygen atoms in total. The van der Waals surface area contributed by atoms with Crippen LogP contribution in [0, 0.1) is 14.9 Å². The van der Waals surface area contributed by atoms with Crippen molar-refractivity contribution in [2.45, 2.75) is 6.92 Å². The fraction of sp³-hybridized carbons (Fsp3) is 0.200. The molecule has 1 aromatic carbocycles. The Labute approximate surface area is 110 Å². The standard InChI is InChI=1S/C10H7BrINO2/c1-2-15-10(14)8-7(12)4-3-6(5-13)9(8)11/h3-4H,2H2,1H3. The minimum absolute atomic E-state index is 0.318. The third-order valence-corrected chi connectivity index (χ3v) is 3.41. The van der Waals surface area contributed by atoms with Gasteiger partial charge in [0.2, 0.25) is 0 Å². The number of esters is 1. The molecule has 0 atom stereocenters. The molecule has 0 aliphatic heterocycles. The highest BCUT2D eigenvalue weighted by atomic mass is 127. The first-order valence-electron chi connectivity index (χ1n) is 4.17. The van der Waals surface area contributed by atoms with Gasteiger partial charge in [0.15, 0.2) is 0 Å². The summed E-state index contributed by atoms with van der Waals surface area (Å²) in [5.41, 5.74) is 0.843. The number of halogens is 2. The highest BCUT2D eigenvalue weighted by Gasteiger charge is 2.17. The van der Waals surface area contributed by atoms with Crippen LogP contribution in [0.25, 0.3) is 0 Å². The maximum Gasteiger partial charge on any atom is 0.340 e. The van der Waals surface area contributed by atoms with Crippen LogP contribution in [0.15, 0.2) is 16.6 Å². The number of nitriles is 1. The second-order valence-corrected chi connectivity index (χ2v) is 4.57. The summed E-state index contributed by atoms with van der Waals surface area (Å²) in [5, 5.41) is 8.81. The first kappa shape index (κ1) is 12.5. The monoisotopic (exact) mass is 379 g/mol. The molecule has 0 saturated heterocycles. The summed E-state index contributed by atoms with van der Waals surface area (Å²) in [5.74, 6) is -0.411. The summed E-state index contributed by atoms with van der Waals surface area (Å²) < 4.78 is 6.16. The minimum atomic E-state index is -0.411. The lowest BCUT2D eigenvalue weighted by molar-refractivity contribution is 0.0524. The Morgan fingerprint density at radius 1 is 1.67 bits per heavy atom. The Kier molecular flexibility index (Phi) is 4.54. The quantitative estimate of drug-likeness (QED) is 0.586. The van der Waals surface area contributed by atoms with Gasteiger partial charge in [0.05, 0.1) is 22.2 Å². The molecule has 0 radical (unpaired) electrons. The lowest BCUT2D eigenvalue weighted by Gasteiger charge is -2.07. The molecule has 0 aliphatic carbocycles. The fourth-order valence-electron chi connectivity index (χ4n) is 1.03. The number of carbonyl (C=O) groups is 1. The molecular formula is C10H7BrINO2. The van der Waals surface area contributed by atoms with E-state index < -0.39 is 5.97 Å². The molecule has 0 saturated carbocycles. The Morgan fingerprint density at radius 2 is 2.33 bits per heavy atom. The Hall–Kier alpha value is -0.610. The summed E-state index contributed by atoms with van der Waals surface area (Å²) in [6, 6.07) is 5.38. The molecule has 5 heteroatoms. The Balaban J connectivity index is 3.28.